The molecule has 0 spiro atoms. The van der Waals surface area contributed by atoms with Crippen LogP contribution in [0, 0.1) is 5.82 Å². The molecule has 0 fully saturated rings. The summed E-state index contributed by atoms with van der Waals surface area (Å²) in [5.74, 6) is -3.09. The number of aromatic nitrogens is 1. The number of aliphatic carboxylic acids is 1. The number of rotatable bonds is 5. The van der Waals surface area contributed by atoms with Crippen molar-refractivity contribution in [2.24, 2.45) is 0 Å². The van der Waals surface area contributed by atoms with Crippen LogP contribution < -0.4 is 15.8 Å². The lowest BCUT2D eigenvalue weighted by atomic mass is 10.1. The first-order valence-electron chi connectivity index (χ1n) is 6.74. The zero-order chi connectivity index (χ0) is 18.7. The van der Waals surface area contributed by atoms with Crippen molar-refractivity contribution in [1.82, 2.24) is 10.3 Å². The molecular weight excluding hydrogens is 376 g/mol. The van der Waals surface area contributed by atoms with Crippen LogP contribution in [0.4, 0.5) is 10.1 Å². The fourth-order valence-electron chi connectivity index (χ4n) is 1.99. The number of pyridine rings is 1. The number of carbonyl (C=O) groups excluding carboxylic acids is 1. The van der Waals surface area contributed by atoms with Crippen LogP contribution in [0.5, 0.6) is 5.75 Å². The third-order valence-corrected chi connectivity index (χ3v) is 3.83. The number of methoxy groups -OCH3 is 1. The van der Waals surface area contributed by atoms with E-state index in [0.29, 0.717) is 0 Å². The number of carboxylic acids is 1. The number of carboxylic acid groups (broad SMARTS) is 1. The van der Waals surface area contributed by atoms with Crippen molar-refractivity contribution >= 4 is 40.8 Å². The topological polar surface area (TPSA) is 115 Å². The van der Waals surface area contributed by atoms with E-state index >= 15 is 0 Å². The number of hydrogen-bond acceptors (Lipinski definition) is 5. The number of amides is 1. The number of benzene rings is 1. The molecule has 0 saturated carbocycles. The smallest absolute Gasteiger partial charge is 0.322 e. The molecule has 1 heterocycles. The highest BCUT2D eigenvalue weighted by atomic mass is 35.5. The molecular formula is C15H12Cl2FN3O4. The minimum Gasteiger partial charge on any atom is -0.492 e. The SMILES string of the molecule is COc1c(Cl)ccc(-c2cc(N)c(Cl)c(C(=O)NCC(=O)O)n2)c1F. The second-order valence-corrected chi connectivity index (χ2v) is 5.56. The second kappa shape index (κ2) is 7.54. The van der Waals surface area contributed by atoms with E-state index in [1.807, 2.05) is 0 Å². The Labute approximate surface area is 151 Å². The van der Waals surface area contributed by atoms with E-state index in [2.05, 4.69) is 10.3 Å². The Kier molecular flexibility index (Phi) is 5.66. The summed E-state index contributed by atoms with van der Waals surface area (Å²) in [5, 5.41) is 10.6. The van der Waals surface area contributed by atoms with Crippen LogP contribution in [-0.4, -0.2) is 35.6 Å². The van der Waals surface area contributed by atoms with Crippen LogP contribution in [0.15, 0.2) is 18.2 Å². The Balaban J connectivity index is 2.54. The molecule has 2 aromatic rings. The number of carbonyl (C=O) groups is 2. The minimum absolute atomic E-state index is 0.00911. The van der Waals surface area contributed by atoms with Gasteiger partial charge in [-0.25, -0.2) is 9.37 Å². The zero-order valence-corrected chi connectivity index (χ0v) is 14.3. The van der Waals surface area contributed by atoms with Crippen LogP contribution in [0.3, 0.4) is 0 Å². The van der Waals surface area contributed by atoms with E-state index in [4.69, 9.17) is 38.8 Å². The van der Waals surface area contributed by atoms with Gasteiger partial charge in [0, 0.05) is 5.56 Å². The predicted molar refractivity (Wildman–Crippen MR) is 90.6 cm³/mol. The van der Waals surface area contributed by atoms with Gasteiger partial charge in [0.05, 0.1) is 28.5 Å². The van der Waals surface area contributed by atoms with Crippen LogP contribution in [0.2, 0.25) is 10.0 Å². The average molecular weight is 388 g/mol. The van der Waals surface area contributed by atoms with Crippen molar-refractivity contribution in [3.05, 3.63) is 39.8 Å². The Morgan fingerprint density at radius 3 is 2.68 bits per heavy atom. The van der Waals surface area contributed by atoms with Gasteiger partial charge in [-0.1, -0.05) is 23.2 Å². The molecule has 2 rings (SSSR count). The molecule has 132 valence electrons. The van der Waals surface area contributed by atoms with Crippen LogP contribution in [0.25, 0.3) is 11.3 Å². The molecule has 10 heteroatoms. The number of anilines is 1. The first-order chi connectivity index (χ1) is 11.8. The summed E-state index contributed by atoms with van der Waals surface area (Å²) in [6.45, 7) is -0.635. The van der Waals surface area contributed by atoms with Crippen molar-refractivity contribution in [1.29, 1.82) is 0 Å². The van der Waals surface area contributed by atoms with Gasteiger partial charge >= 0.3 is 5.97 Å². The first kappa shape index (κ1) is 18.8. The van der Waals surface area contributed by atoms with Crippen molar-refractivity contribution < 1.29 is 23.8 Å². The Hall–Kier alpha value is -2.58. The van der Waals surface area contributed by atoms with Crippen molar-refractivity contribution in [2.45, 2.75) is 0 Å². The Bertz CT molecular complexity index is 861. The molecule has 0 aliphatic heterocycles. The van der Waals surface area contributed by atoms with Gasteiger partial charge in [-0.3, -0.25) is 9.59 Å². The monoisotopic (exact) mass is 387 g/mol. The van der Waals surface area contributed by atoms with E-state index in [0.717, 1.165) is 0 Å². The van der Waals surface area contributed by atoms with Crippen molar-refractivity contribution in [2.75, 3.05) is 19.4 Å². The Morgan fingerprint density at radius 1 is 1.40 bits per heavy atom. The number of ether oxygens (including phenoxy) is 1. The number of halogens is 3. The fourth-order valence-corrected chi connectivity index (χ4v) is 2.40. The maximum atomic E-state index is 14.5. The van der Waals surface area contributed by atoms with E-state index in [1.165, 1.54) is 25.3 Å². The lowest BCUT2D eigenvalue weighted by molar-refractivity contribution is -0.135. The molecule has 1 aromatic carbocycles. The van der Waals surface area contributed by atoms with Crippen LogP contribution >= 0.6 is 23.2 Å². The first-order valence-corrected chi connectivity index (χ1v) is 7.50. The van der Waals surface area contributed by atoms with Gasteiger partial charge in [-0.05, 0) is 18.2 Å². The summed E-state index contributed by atoms with van der Waals surface area (Å²) in [6, 6.07) is 4.02. The van der Waals surface area contributed by atoms with Gasteiger partial charge < -0.3 is 20.9 Å². The highest BCUT2D eigenvalue weighted by Gasteiger charge is 2.21. The number of hydrogen-bond donors (Lipinski definition) is 3. The molecule has 4 N–H and O–H groups in total. The summed E-state index contributed by atoms with van der Waals surface area (Å²) in [6.07, 6.45) is 0. The maximum Gasteiger partial charge on any atom is 0.322 e. The molecule has 25 heavy (non-hydrogen) atoms. The highest BCUT2D eigenvalue weighted by Crippen LogP contribution is 2.36. The second-order valence-electron chi connectivity index (χ2n) is 4.78. The third-order valence-electron chi connectivity index (χ3n) is 3.13. The number of nitrogen functional groups attached to an aromatic ring is 1. The predicted octanol–water partition coefficient (Wildman–Crippen LogP) is 2.60. The molecule has 0 atom stereocenters. The van der Waals surface area contributed by atoms with Gasteiger partial charge in [0.15, 0.2) is 11.6 Å². The number of nitrogens with zero attached hydrogens (tertiary/aromatic N) is 1. The zero-order valence-electron chi connectivity index (χ0n) is 12.8. The summed E-state index contributed by atoms with van der Waals surface area (Å²) in [4.78, 5) is 26.6. The summed E-state index contributed by atoms with van der Waals surface area (Å²) < 4.78 is 19.4. The Morgan fingerprint density at radius 2 is 2.08 bits per heavy atom. The van der Waals surface area contributed by atoms with Gasteiger partial charge in [0.25, 0.3) is 5.91 Å². The normalized spacial score (nSPS) is 10.4. The van der Waals surface area contributed by atoms with Gasteiger partial charge in [-0.15, -0.1) is 0 Å². The molecule has 0 saturated heterocycles. The molecule has 0 bridgehead atoms. The minimum atomic E-state index is -1.25. The summed E-state index contributed by atoms with van der Waals surface area (Å²) >= 11 is 11.8. The summed E-state index contributed by atoms with van der Waals surface area (Å²) in [5.41, 5.74) is 5.39. The molecule has 1 aromatic heterocycles. The lowest BCUT2D eigenvalue weighted by Gasteiger charge is -2.12. The molecule has 7 nitrogen and oxygen atoms in total. The lowest BCUT2D eigenvalue weighted by Crippen LogP contribution is -2.30. The standard InChI is InChI=1S/C15H12Cl2FN3O4/c1-25-14-7(16)3-2-6(12(14)18)9-4-8(19)11(17)13(21-9)15(24)20-5-10(22)23/h2-4H,5H2,1H3,(H2,19,21)(H,20,24)(H,22,23). The fraction of sp³-hybridized carbons (Fsp3) is 0.133. The van der Waals surface area contributed by atoms with E-state index in [9.17, 15) is 14.0 Å². The molecule has 0 unspecified atom stereocenters. The third kappa shape index (κ3) is 3.92. The maximum absolute atomic E-state index is 14.5. The van der Waals surface area contributed by atoms with Crippen molar-refractivity contribution in [3.63, 3.8) is 0 Å². The average Bonchev–Trinajstić information content (AvgIpc) is 2.55. The number of nitrogens with one attached hydrogen (secondary N) is 1. The van der Waals surface area contributed by atoms with Crippen molar-refractivity contribution in [3.8, 4) is 17.0 Å². The molecule has 0 aliphatic carbocycles. The van der Waals surface area contributed by atoms with Crippen LogP contribution in [-0.2, 0) is 4.79 Å². The molecule has 0 radical (unpaired) electrons. The molecule has 1 amide bonds. The van der Waals surface area contributed by atoms with E-state index in [1.54, 1.807) is 0 Å². The quantitative estimate of drug-likeness (QED) is 0.726. The largest absolute Gasteiger partial charge is 0.492 e. The van der Waals surface area contributed by atoms with Gasteiger partial charge in [0.1, 0.15) is 12.2 Å². The molecule has 0 aliphatic rings. The van der Waals surface area contributed by atoms with E-state index < -0.39 is 24.2 Å². The van der Waals surface area contributed by atoms with Gasteiger partial charge in [-0.2, -0.15) is 0 Å². The number of nitrogens with two attached hydrogens (primary N) is 1. The van der Waals surface area contributed by atoms with E-state index in [-0.39, 0.29) is 38.4 Å². The van der Waals surface area contributed by atoms with Gasteiger partial charge in [0.2, 0.25) is 0 Å². The highest BCUT2D eigenvalue weighted by molar-refractivity contribution is 6.36. The summed E-state index contributed by atoms with van der Waals surface area (Å²) in [7, 11) is 1.25. The van der Waals surface area contributed by atoms with Crippen LogP contribution in [0.1, 0.15) is 10.5 Å².